The number of nitrogens with zero attached hydrogens (tertiary/aromatic N) is 3. The number of carboxylic acid groups (broad SMARTS) is 1. The summed E-state index contributed by atoms with van der Waals surface area (Å²) in [5.74, 6) is -0.562. The molecule has 0 unspecified atom stereocenters. The minimum atomic E-state index is -0.884. The lowest BCUT2D eigenvalue weighted by Gasteiger charge is -2.04. The molecule has 1 aromatic heterocycles. The quantitative estimate of drug-likeness (QED) is 0.430. The molecule has 0 saturated heterocycles. The summed E-state index contributed by atoms with van der Waals surface area (Å²) >= 11 is 0. The van der Waals surface area contributed by atoms with Crippen molar-refractivity contribution in [3.8, 4) is 0 Å². The molecule has 100 valence electrons. The first kappa shape index (κ1) is 13.9. The van der Waals surface area contributed by atoms with Gasteiger partial charge in [-0.25, -0.2) is 4.68 Å². The molecule has 1 aromatic rings. The van der Waals surface area contributed by atoms with Crippen LogP contribution in [0.5, 0.6) is 0 Å². The topological polar surface area (TPSA) is 110 Å². The van der Waals surface area contributed by atoms with Crippen LogP contribution >= 0.6 is 0 Å². The van der Waals surface area contributed by atoms with Gasteiger partial charge in [0.2, 0.25) is 5.82 Å². The Bertz CT molecular complexity index is 455. The summed E-state index contributed by atoms with van der Waals surface area (Å²) in [6.07, 6.45) is 0.902. The molecule has 0 amide bonds. The van der Waals surface area contributed by atoms with Gasteiger partial charge in [0.05, 0.1) is 4.92 Å². The smallest absolute Gasteiger partial charge is 0.333 e. The highest BCUT2D eigenvalue weighted by atomic mass is 16.6. The van der Waals surface area contributed by atoms with Crippen molar-refractivity contribution in [2.24, 2.45) is 7.05 Å². The van der Waals surface area contributed by atoms with Crippen LogP contribution in [-0.4, -0.2) is 32.3 Å². The summed E-state index contributed by atoms with van der Waals surface area (Å²) in [4.78, 5) is 20.9. The number of carbonyl (C=O) groups is 1. The molecule has 18 heavy (non-hydrogen) atoms. The number of aromatic nitrogens is 2. The van der Waals surface area contributed by atoms with E-state index in [2.05, 4.69) is 10.4 Å². The van der Waals surface area contributed by atoms with E-state index in [4.69, 9.17) is 5.11 Å². The number of aliphatic carboxylic acids is 1. The lowest BCUT2D eigenvalue weighted by molar-refractivity contribution is -0.384. The van der Waals surface area contributed by atoms with Crippen LogP contribution < -0.4 is 5.32 Å². The molecular weight excluding hydrogens is 240 g/mol. The molecule has 0 radical (unpaired) electrons. The van der Waals surface area contributed by atoms with E-state index in [-0.39, 0.29) is 12.1 Å². The molecule has 0 aromatic carbocycles. The largest absolute Gasteiger partial charge is 0.481 e. The SMILES string of the molecule is CCc1nn(C)c(NCCCC(=O)O)c1[N+](=O)[O-]. The van der Waals surface area contributed by atoms with E-state index in [0.717, 1.165) is 0 Å². The highest BCUT2D eigenvalue weighted by Gasteiger charge is 2.25. The van der Waals surface area contributed by atoms with Gasteiger partial charge in [0.1, 0.15) is 5.69 Å². The van der Waals surface area contributed by atoms with Crippen LogP contribution in [0.4, 0.5) is 11.5 Å². The molecule has 0 spiro atoms. The maximum atomic E-state index is 11.0. The second-order valence-electron chi connectivity index (χ2n) is 3.80. The number of nitrogens with one attached hydrogen (secondary N) is 1. The summed E-state index contributed by atoms with van der Waals surface area (Å²) in [6, 6.07) is 0. The molecule has 0 atom stereocenters. The molecule has 2 N–H and O–H groups in total. The third-order valence-corrected chi connectivity index (χ3v) is 2.47. The van der Waals surface area contributed by atoms with E-state index < -0.39 is 10.9 Å². The van der Waals surface area contributed by atoms with Crippen molar-refractivity contribution in [3.05, 3.63) is 15.8 Å². The Labute approximate surface area is 104 Å². The normalized spacial score (nSPS) is 10.3. The fourth-order valence-corrected chi connectivity index (χ4v) is 1.64. The summed E-state index contributed by atoms with van der Waals surface area (Å²) < 4.78 is 1.41. The standard InChI is InChI=1S/C10H16N4O4/c1-3-7-9(14(17)18)10(13(2)12-7)11-6-4-5-8(15)16/h11H,3-6H2,1-2H3,(H,15,16). The Hall–Kier alpha value is -2.12. The molecule has 0 aliphatic rings. The van der Waals surface area contributed by atoms with Crippen LogP contribution in [0.3, 0.4) is 0 Å². The Morgan fingerprint density at radius 1 is 1.61 bits per heavy atom. The zero-order valence-electron chi connectivity index (χ0n) is 10.3. The van der Waals surface area contributed by atoms with Gasteiger partial charge < -0.3 is 10.4 Å². The molecule has 0 saturated carbocycles. The van der Waals surface area contributed by atoms with Gasteiger partial charge in [0, 0.05) is 20.0 Å². The minimum Gasteiger partial charge on any atom is -0.481 e. The maximum absolute atomic E-state index is 11.0. The summed E-state index contributed by atoms with van der Waals surface area (Å²) in [5, 5.41) is 26.4. The molecule has 1 heterocycles. The van der Waals surface area contributed by atoms with Crippen molar-refractivity contribution in [2.75, 3.05) is 11.9 Å². The molecular formula is C10H16N4O4. The van der Waals surface area contributed by atoms with Gasteiger partial charge in [-0.2, -0.15) is 5.10 Å². The second-order valence-corrected chi connectivity index (χ2v) is 3.80. The van der Waals surface area contributed by atoms with E-state index >= 15 is 0 Å². The number of hydrogen-bond donors (Lipinski definition) is 2. The zero-order chi connectivity index (χ0) is 13.7. The van der Waals surface area contributed by atoms with Crippen LogP contribution in [-0.2, 0) is 18.3 Å². The van der Waals surface area contributed by atoms with Gasteiger partial charge in [0.15, 0.2) is 0 Å². The lowest BCUT2D eigenvalue weighted by Crippen LogP contribution is -2.09. The average molecular weight is 256 g/mol. The van der Waals surface area contributed by atoms with E-state index in [1.807, 2.05) is 0 Å². The van der Waals surface area contributed by atoms with E-state index in [9.17, 15) is 14.9 Å². The predicted octanol–water partition coefficient (Wildman–Crippen LogP) is 1.17. The van der Waals surface area contributed by atoms with E-state index in [1.165, 1.54) is 4.68 Å². The summed E-state index contributed by atoms with van der Waals surface area (Å²) in [6.45, 7) is 2.15. The molecule has 0 bridgehead atoms. The van der Waals surface area contributed by atoms with Crippen molar-refractivity contribution >= 4 is 17.5 Å². The van der Waals surface area contributed by atoms with Crippen molar-refractivity contribution in [3.63, 3.8) is 0 Å². The van der Waals surface area contributed by atoms with Crippen LogP contribution in [0.15, 0.2) is 0 Å². The second kappa shape index (κ2) is 5.99. The maximum Gasteiger partial charge on any atom is 0.333 e. The van der Waals surface area contributed by atoms with Gasteiger partial charge in [-0.1, -0.05) is 6.92 Å². The van der Waals surface area contributed by atoms with Gasteiger partial charge in [-0.3, -0.25) is 14.9 Å². The fourth-order valence-electron chi connectivity index (χ4n) is 1.64. The van der Waals surface area contributed by atoms with Crippen molar-refractivity contribution in [1.82, 2.24) is 9.78 Å². The Morgan fingerprint density at radius 2 is 2.28 bits per heavy atom. The summed E-state index contributed by atoms with van der Waals surface area (Å²) in [7, 11) is 1.62. The fraction of sp³-hybridized carbons (Fsp3) is 0.600. The first-order valence-corrected chi connectivity index (χ1v) is 5.63. The molecule has 1 rings (SSSR count). The monoisotopic (exact) mass is 256 g/mol. The Kier molecular flexibility index (Phi) is 4.64. The molecule has 0 aliphatic heterocycles. The molecule has 0 aliphatic carbocycles. The van der Waals surface area contributed by atoms with E-state index in [0.29, 0.717) is 30.9 Å². The van der Waals surface area contributed by atoms with Gasteiger partial charge in [0.25, 0.3) is 0 Å². The first-order chi connectivity index (χ1) is 8.47. The van der Waals surface area contributed by atoms with Gasteiger partial charge in [-0.15, -0.1) is 0 Å². The zero-order valence-corrected chi connectivity index (χ0v) is 10.3. The van der Waals surface area contributed by atoms with Crippen LogP contribution in [0.1, 0.15) is 25.5 Å². The Balaban J connectivity index is 2.78. The Morgan fingerprint density at radius 3 is 2.78 bits per heavy atom. The molecule has 0 fully saturated rings. The van der Waals surface area contributed by atoms with Crippen molar-refractivity contribution < 1.29 is 14.8 Å². The van der Waals surface area contributed by atoms with Gasteiger partial charge >= 0.3 is 11.7 Å². The minimum absolute atomic E-state index is 0.0271. The van der Waals surface area contributed by atoms with Crippen LogP contribution in [0, 0.1) is 10.1 Å². The predicted molar refractivity (Wildman–Crippen MR) is 64.6 cm³/mol. The summed E-state index contributed by atoms with van der Waals surface area (Å²) in [5.41, 5.74) is 0.388. The van der Waals surface area contributed by atoms with Crippen molar-refractivity contribution in [2.45, 2.75) is 26.2 Å². The average Bonchev–Trinajstić information content (AvgIpc) is 2.61. The van der Waals surface area contributed by atoms with E-state index in [1.54, 1.807) is 14.0 Å². The molecule has 8 nitrogen and oxygen atoms in total. The third kappa shape index (κ3) is 3.19. The highest BCUT2D eigenvalue weighted by Crippen LogP contribution is 2.28. The lowest BCUT2D eigenvalue weighted by atomic mass is 10.3. The third-order valence-electron chi connectivity index (χ3n) is 2.47. The molecule has 8 heteroatoms. The van der Waals surface area contributed by atoms with Crippen LogP contribution in [0.2, 0.25) is 0 Å². The van der Waals surface area contributed by atoms with Crippen molar-refractivity contribution in [1.29, 1.82) is 0 Å². The number of rotatable bonds is 7. The van der Waals surface area contributed by atoms with Crippen LogP contribution in [0.25, 0.3) is 0 Å². The number of hydrogen-bond acceptors (Lipinski definition) is 5. The first-order valence-electron chi connectivity index (χ1n) is 5.63. The number of nitro groups is 1. The number of aryl methyl sites for hydroxylation is 2. The highest BCUT2D eigenvalue weighted by molar-refractivity contribution is 5.66. The van der Waals surface area contributed by atoms with Gasteiger partial charge in [-0.05, 0) is 12.8 Å². The number of carboxylic acids is 1. The number of anilines is 1.